The van der Waals surface area contributed by atoms with Crippen LogP contribution in [0.1, 0.15) is 25.0 Å². The Morgan fingerprint density at radius 2 is 1.74 bits per heavy atom. The Morgan fingerprint density at radius 1 is 1.04 bits per heavy atom. The normalized spacial score (nSPS) is 10.6. The highest BCUT2D eigenvalue weighted by molar-refractivity contribution is 5.75. The van der Waals surface area contributed by atoms with Crippen LogP contribution in [0, 0.1) is 5.82 Å². The first-order valence-corrected chi connectivity index (χ1v) is 8.97. The van der Waals surface area contributed by atoms with Gasteiger partial charge in [-0.3, -0.25) is 0 Å². The number of carbonyl (C=O) groups excluding carboxylic acids is 1. The van der Waals surface area contributed by atoms with Crippen LogP contribution >= 0.6 is 0 Å². The predicted octanol–water partition coefficient (Wildman–Crippen LogP) is 4.14. The first-order chi connectivity index (χ1) is 13.1. The minimum atomic E-state index is -0.302. The highest BCUT2D eigenvalue weighted by Crippen LogP contribution is 2.28. The lowest BCUT2D eigenvalue weighted by molar-refractivity contribution is 0.244. The highest BCUT2D eigenvalue weighted by Gasteiger charge is 2.06. The van der Waals surface area contributed by atoms with E-state index in [1.807, 2.05) is 32.0 Å². The Balaban J connectivity index is 1.78. The molecule has 0 atom stereocenters. The minimum Gasteiger partial charge on any atom is -0.490 e. The van der Waals surface area contributed by atoms with E-state index in [0.717, 1.165) is 16.9 Å². The molecule has 2 aromatic carbocycles. The molecule has 0 fully saturated rings. The molecule has 27 heavy (non-hydrogen) atoms. The van der Waals surface area contributed by atoms with Gasteiger partial charge in [-0.05, 0) is 61.7 Å². The molecule has 2 aromatic rings. The van der Waals surface area contributed by atoms with Gasteiger partial charge in [0.25, 0.3) is 0 Å². The van der Waals surface area contributed by atoms with Crippen LogP contribution in [0.3, 0.4) is 0 Å². The van der Waals surface area contributed by atoms with E-state index in [1.165, 1.54) is 18.3 Å². The zero-order valence-corrected chi connectivity index (χ0v) is 15.6. The minimum absolute atomic E-state index is 0.292. The predicted molar refractivity (Wildman–Crippen MR) is 104 cm³/mol. The van der Waals surface area contributed by atoms with Gasteiger partial charge in [0.15, 0.2) is 11.5 Å². The van der Waals surface area contributed by atoms with E-state index >= 15 is 0 Å². The first-order valence-electron chi connectivity index (χ1n) is 8.97. The molecule has 2 rings (SSSR count). The summed E-state index contributed by atoms with van der Waals surface area (Å²) in [5.74, 6) is 1.14. The van der Waals surface area contributed by atoms with Crippen LogP contribution in [0.25, 0.3) is 6.08 Å². The van der Waals surface area contributed by atoms with E-state index in [0.29, 0.717) is 31.9 Å². The molecule has 5 nitrogen and oxygen atoms in total. The summed E-state index contributed by atoms with van der Waals surface area (Å²) in [6.07, 6.45) is 3.88. The van der Waals surface area contributed by atoms with Crippen molar-refractivity contribution >= 4 is 12.1 Å². The van der Waals surface area contributed by atoms with Gasteiger partial charge in [0.05, 0.1) is 13.2 Å². The lowest BCUT2D eigenvalue weighted by Gasteiger charge is -2.12. The molecule has 6 heteroatoms. The van der Waals surface area contributed by atoms with Crippen molar-refractivity contribution in [3.8, 4) is 11.5 Å². The first kappa shape index (κ1) is 20.3. The van der Waals surface area contributed by atoms with Crippen LogP contribution in [-0.2, 0) is 6.42 Å². The van der Waals surface area contributed by atoms with Crippen LogP contribution in [0.4, 0.5) is 9.18 Å². The van der Waals surface area contributed by atoms with Gasteiger partial charge >= 0.3 is 6.03 Å². The zero-order valence-electron chi connectivity index (χ0n) is 15.6. The van der Waals surface area contributed by atoms with Crippen molar-refractivity contribution < 1.29 is 18.7 Å². The molecule has 2 amide bonds. The van der Waals surface area contributed by atoms with Crippen molar-refractivity contribution in [2.24, 2.45) is 0 Å². The number of rotatable bonds is 9. The van der Waals surface area contributed by atoms with Crippen LogP contribution in [0.2, 0.25) is 0 Å². The quantitative estimate of drug-likeness (QED) is 0.696. The fourth-order valence-corrected chi connectivity index (χ4v) is 2.41. The fraction of sp³-hybridized carbons (Fsp3) is 0.286. The fourth-order valence-electron chi connectivity index (χ4n) is 2.41. The second-order valence-corrected chi connectivity index (χ2v) is 5.68. The molecular formula is C21H25FN2O3. The summed E-state index contributed by atoms with van der Waals surface area (Å²) in [4.78, 5) is 11.8. The molecule has 0 aliphatic carbocycles. The second kappa shape index (κ2) is 10.9. The number of benzene rings is 2. The average molecular weight is 372 g/mol. The van der Waals surface area contributed by atoms with Crippen LogP contribution < -0.4 is 20.1 Å². The number of amides is 2. The monoisotopic (exact) mass is 372 g/mol. The van der Waals surface area contributed by atoms with Crippen molar-refractivity contribution in [2.75, 3.05) is 19.8 Å². The Bertz CT molecular complexity index is 761. The van der Waals surface area contributed by atoms with Crippen molar-refractivity contribution in [3.05, 3.63) is 65.6 Å². The largest absolute Gasteiger partial charge is 0.490 e. The molecule has 0 saturated carbocycles. The summed E-state index contributed by atoms with van der Waals surface area (Å²) in [6.45, 7) is 5.47. The van der Waals surface area contributed by atoms with Gasteiger partial charge in [0, 0.05) is 12.7 Å². The van der Waals surface area contributed by atoms with Crippen LogP contribution in [-0.4, -0.2) is 25.8 Å². The molecule has 0 aliphatic heterocycles. The molecule has 0 aliphatic rings. The smallest absolute Gasteiger partial charge is 0.318 e. The van der Waals surface area contributed by atoms with Gasteiger partial charge in [-0.2, -0.15) is 0 Å². The highest BCUT2D eigenvalue weighted by atomic mass is 19.1. The lowest BCUT2D eigenvalue weighted by Crippen LogP contribution is -2.33. The van der Waals surface area contributed by atoms with Gasteiger partial charge in [0.1, 0.15) is 5.82 Å². The van der Waals surface area contributed by atoms with Crippen LogP contribution in [0.5, 0.6) is 11.5 Å². The maximum Gasteiger partial charge on any atom is 0.318 e. The molecule has 0 unspecified atom stereocenters. The van der Waals surface area contributed by atoms with E-state index in [9.17, 15) is 9.18 Å². The number of hydrogen-bond donors (Lipinski definition) is 2. The van der Waals surface area contributed by atoms with Gasteiger partial charge < -0.3 is 20.1 Å². The second-order valence-electron chi connectivity index (χ2n) is 5.68. The summed E-state index contributed by atoms with van der Waals surface area (Å²) in [5.41, 5.74) is 1.85. The SMILES string of the molecule is CCOc1ccc(CCNC(=O)N/C=C/c2ccc(F)cc2)cc1OCC. The molecule has 0 heterocycles. The van der Waals surface area contributed by atoms with E-state index in [-0.39, 0.29) is 11.8 Å². The number of hydrogen-bond acceptors (Lipinski definition) is 3. The number of ether oxygens (including phenoxy) is 2. The van der Waals surface area contributed by atoms with Crippen LogP contribution in [0.15, 0.2) is 48.7 Å². The maximum atomic E-state index is 12.8. The van der Waals surface area contributed by atoms with Crippen molar-refractivity contribution in [1.29, 1.82) is 0 Å². The number of halogens is 1. The van der Waals surface area contributed by atoms with Gasteiger partial charge in [0.2, 0.25) is 0 Å². The molecule has 0 bridgehead atoms. The molecule has 144 valence electrons. The molecule has 0 saturated heterocycles. The molecule has 0 spiro atoms. The summed E-state index contributed by atoms with van der Waals surface area (Å²) in [5, 5.41) is 5.40. The Morgan fingerprint density at radius 3 is 2.44 bits per heavy atom. The van der Waals surface area contributed by atoms with E-state index in [4.69, 9.17) is 9.47 Å². The van der Waals surface area contributed by atoms with E-state index in [1.54, 1.807) is 18.2 Å². The number of urea groups is 1. The van der Waals surface area contributed by atoms with Crippen molar-refractivity contribution in [3.63, 3.8) is 0 Å². The Kier molecular flexibility index (Phi) is 8.16. The summed E-state index contributed by atoms with van der Waals surface area (Å²) in [7, 11) is 0. The van der Waals surface area contributed by atoms with Gasteiger partial charge in [-0.15, -0.1) is 0 Å². The molecular weight excluding hydrogens is 347 g/mol. The summed E-state index contributed by atoms with van der Waals surface area (Å²) < 4.78 is 24.0. The van der Waals surface area contributed by atoms with Crippen molar-refractivity contribution in [2.45, 2.75) is 20.3 Å². The number of nitrogens with one attached hydrogen (secondary N) is 2. The Hall–Kier alpha value is -3.02. The van der Waals surface area contributed by atoms with E-state index in [2.05, 4.69) is 10.6 Å². The molecule has 0 radical (unpaired) electrons. The standard InChI is InChI=1S/C21H25FN2O3/c1-3-26-19-10-7-17(15-20(19)27-4-2)12-14-24-21(25)23-13-11-16-5-8-18(22)9-6-16/h5-11,13,15H,3-4,12,14H2,1-2H3,(H2,23,24,25)/b13-11+. The number of carbonyl (C=O) groups is 1. The third-order valence-electron chi connectivity index (χ3n) is 3.67. The lowest BCUT2D eigenvalue weighted by atomic mass is 10.1. The third kappa shape index (κ3) is 7.01. The third-order valence-corrected chi connectivity index (χ3v) is 3.67. The topological polar surface area (TPSA) is 59.6 Å². The Labute approximate surface area is 159 Å². The van der Waals surface area contributed by atoms with Gasteiger partial charge in [-0.1, -0.05) is 18.2 Å². The molecule has 0 aromatic heterocycles. The maximum absolute atomic E-state index is 12.8. The van der Waals surface area contributed by atoms with Gasteiger partial charge in [-0.25, -0.2) is 9.18 Å². The summed E-state index contributed by atoms with van der Waals surface area (Å²) >= 11 is 0. The van der Waals surface area contributed by atoms with Crippen molar-refractivity contribution in [1.82, 2.24) is 10.6 Å². The zero-order chi connectivity index (χ0) is 19.5. The molecule has 2 N–H and O–H groups in total. The summed E-state index contributed by atoms with van der Waals surface area (Å²) in [6, 6.07) is 11.5. The average Bonchev–Trinajstić information content (AvgIpc) is 2.66. The van der Waals surface area contributed by atoms with E-state index < -0.39 is 0 Å².